The Kier molecular flexibility index (Phi) is 3.03. The molecule has 1 fully saturated rings. The van der Waals surface area contributed by atoms with Crippen molar-refractivity contribution < 1.29 is 4.79 Å². The number of carbonyl (C=O) groups is 1. The average Bonchev–Trinajstić information content (AvgIpc) is 2.30. The normalized spacial score (nSPS) is 16.7. The van der Waals surface area contributed by atoms with Crippen LogP contribution >= 0.6 is 11.9 Å². The largest absolute Gasteiger partial charge is 0.315 e. The molecule has 1 aromatic rings. The molecule has 14 heavy (non-hydrogen) atoms. The fraction of sp³-hybridized carbons (Fsp3) is 0.400. The van der Waals surface area contributed by atoms with Crippen molar-refractivity contribution in [3.8, 4) is 0 Å². The van der Waals surface area contributed by atoms with E-state index in [1.165, 1.54) is 12.8 Å². The first-order chi connectivity index (χ1) is 6.92. The van der Waals surface area contributed by atoms with Crippen LogP contribution in [-0.4, -0.2) is 23.6 Å². The predicted octanol–water partition coefficient (Wildman–Crippen LogP) is 2.14. The second-order valence-corrected chi connectivity index (χ2v) is 4.30. The minimum absolute atomic E-state index is 0.682. The number of rotatable bonds is 2. The molecule has 74 valence electrons. The van der Waals surface area contributed by atoms with E-state index >= 15 is 0 Å². The van der Waals surface area contributed by atoms with Gasteiger partial charge in [-0.3, -0.25) is 9.78 Å². The molecular weight excluding hydrogens is 196 g/mol. The van der Waals surface area contributed by atoms with Gasteiger partial charge in [0, 0.05) is 24.7 Å². The number of anilines is 1. The van der Waals surface area contributed by atoms with Crippen molar-refractivity contribution in [2.24, 2.45) is 0 Å². The third-order valence-corrected chi connectivity index (χ3v) is 3.39. The van der Waals surface area contributed by atoms with Crippen LogP contribution in [0, 0.1) is 0 Å². The Bertz CT molecular complexity index is 324. The first kappa shape index (κ1) is 9.52. The maximum absolute atomic E-state index is 10.8. The van der Waals surface area contributed by atoms with Gasteiger partial charge in [-0.05, 0) is 30.9 Å². The first-order valence-corrected chi connectivity index (χ1v) is 5.66. The van der Waals surface area contributed by atoms with Crippen molar-refractivity contribution >= 4 is 23.9 Å². The lowest BCUT2D eigenvalue weighted by molar-refractivity contribution is 0.112. The summed E-state index contributed by atoms with van der Waals surface area (Å²) >= 11 is 1.79. The summed E-state index contributed by atoms with van der Waals surface area (Å²) in [6.07, 6.45) is 6.70. The summed E-state index contributed by atoms with van der Waals surface area (Å²) in [5.74, 6) is 1.14. The van der Waals surface area contributed by atoms with Gasteiger partial charge >= 0.3 is 0 Å². The second kappa shape index (κ2) is 4.46. The molecule has 0 aliphatic carbocycles. The minimum atomic E-state index is 0.682. The van der Waals surface area contributed by atoms with Crippen molar-refractivity contribution in [1.82, 2.24) is 4.98 Å². The van der Waals surface area contributed by atoms with Crippen LogP contribution in [0.5, 0.6) is 0 Å². The number of pyridine rings is 1. The Labute approximate surface area is 87.6 Å². The van der Waals surface area contributed by atoms with Crippen LogP contribution in [-0.2, 0) is 0 Å². The zero-order valence-electron chi connectivity index (χ0n) is 7.85. The van der Waals surface area contributed by atoms with Crippen molar-refractivity contribution in [2.45, 2.75) is 12.8 Å². The molecule has 0 aromatic carbocycles. The van der Waals surface area contributed by atoms with Crippen LogP contribution in [0.1, 0.15) is 23.2 Å². The standard InChI is InChI=1S/C10H12N2OS/c13-8-9-7-11-4-3-10(9)12-5-1-2-6-14-12/h3-4,7-8H,1-2,5-6H2. The van der Waals surface area contributed by atoms with E-state index in [4.69, 9.17) is 0 Å². The van der Waals surface area contributed by atoms with Crippen LogP contribution in [0.4, 0.5) is 5.69 Å². The summed E-state index contributed by atoms with van der Waals surface area (Å²) in [6, 6.07) is 1.90. The Morgan fingerprint density at radius 1 is 1.50 bits per heavy atom. The summed E-state index contributed by atoms with van der Waals surface area (Å²) in [4.78, 5) is 14.7. The minimum Gasteiger partial charge on any atom is -0.315 e. The van der Waals surface area contributed by atoms with Gasteiger partial charge in [0.2, 0.25) is 0 Å². The maximum Gasteiger partial charge on any atom is 0.153 e. The fourth-order valence-electron chi connectivity index (χ4n) is 1.50. The van der Waals surface area contributed by atoms with Gasteiger partial charge < -0.3 is 4.31 Å². The van der Waals surface area contributed by atoms with E-state index in [9.17, 15) is 4.79 Å². The monoisotopic (exact) mass is 208 g/mol. The predicted molar refractivity (Wildman–Crippen MR) is 58.7 cm³/mol. The number of carbonyl (C=O) groups excluding carboxylic acids is 1. The molecule has 3 nitrogen and oxygen atoms in total. The molecule has 1 aromatic heterocycles. The zero-order valence-corrected chi connectivity index (χ0v) is 8.67. The van der Waals surface area contributed by atoms with Crippen LogP contribution in [0.2, 0.25) is 0 Å². The molecule has 0 radical (unpaired) electrons. The summed E-state index contributed by atoms with van der Waals surface area (Å²) in [5.41, 5.74) is 1.68. The highest BCUT2D eigenvalue weighted by molar-refractivity contribution is 8.00. The Balaban J connectivity index is 2.24. The molecule has 0 N–H and O–H groups in total. The molecule has 1 aliphatic heterocycles. The van der Waals surface area contributed by atoms with Crippen molar-refractivity contribution in [3.05, 3.63) is 24.0 Å². The van der Waals surface area contributed by atoms with Gasteiger partial charge in [-0.25, -0.2) is 0 Å². The topological polar surface area (TPSA) is 33.2 Å². The van der Waals surface area contributed by atoms with Crippen molar-refractivity contribution in [3.63, 3.8) is 0 Å². The van der Waals surface area contributed by atoms with Gasteiger partial charge in [0.1, 0.15) is 0 Å². The first-order valence-electron chi connectivity index (χ1n) is 4.71. The van der Waals surface area contributed by atoms with Gasteiger partial charge in [0.25, 0.3) is 0 Å². The van der Waals surface area contributed by atoms with Gasteiger partial charge in [-0.1, -0.05) is 0 Å². The molecular formula is C10H12N2OS. The van der Waals surface area contributed by atoms with Crippen molar-refractivity contribution in [1.29, 1.82) is 0 Å². The van der Waals surface area contributed by atoms with E-state index in [2.05, 4.69) is 9.29 Å². The number of nitrogens with zero attached hydrogens (tertiary/aromatic N) is 2. The molecule has 0 amide bonds. The summed E-state index contributed by atoms with van der Waals surface area (Å²) in [6.45, 7) is 1.02. The highest BCUT2D eigenvalue weighted by Crippen LogP contribution is 2.28. The molecule has 2 heterocycles. The molecule has 0 atom stereocenters. The quantitative estimate of drug-likeness (QED) is 0.550. The molecule has 0 spiro atoms. The van der Waals surface area contributed by atoms with Gasteiger partial charge in [-0.15, -0.1) is 0 Å². The number of hydrogen-bond donors (Lipinski definition) is 0. The third kappa shape index (κ3) is 1.90. The maximum atomic E-state index is 10.8. The molecule has 0 saturated carbocycles. The zero-order chi connectivity index (χ0) is 9.80. The van der Waals surface area contributed by atoms with E-state index < -0.39 is 0 Å². The van der Waals surface area contributed by atoms with Crippen LogP contribution in [0.15, 0.2) is 18.5 Å². The second-order valence-electron chi connectivity index (χ2n) is 3.19. The Hall–Kier alpha value is -1.03. The summed E-state index contributed by atoms with van der Waals surface area (Å²) in [5, 5.41) is 0. The number of hydrogen-bond acceptors (Lipinski definition) is 4. The van der Waals surface area contributed by atoms with Gasteiger partial charge in [0.05, 0.1) is 11.3 Å². The van der Waals surface area contributed by atoms with E-state index in [1.54, 1.807) is 24.3 Å². The van der Waals surface area contributed by atoms with E-state index in [0.717, 1.165) is 24.3 Å². The number of aldehydes is 1. The molecule has 4 heteroatoms. The van der Waals surface area contributed by atoms with E-state index in [1.807, 2.05) is 6.07 Å². The molecule has 0 bridgehead atoms. The lowest BCUT2D eigenvalue weighted by Gasteiger charge is -2.27. The average molecular weight is 208 g/mol. The van der Waals surface area contributed by atoms with E-state index in [0.29, 0.717) is 5.56 Å². The molecule has 1 aliphatic rings. The lowest BCUT2D eigenvalue weighted by atomic mass is 10.2. The summed E-state index contributed by atoms with van der Waals surface area (Å²) < 4.78 is 2.19. The SMILES string of the molecule is O=Cc1cnccc1N1CCCCS1. The van der Waals surface area contributed by atoms with Gasteiger partial charge in [0.15, 0.2) is 6.29 Å². The highest BCUT2D eigenvalue weighted by atomic mass is 32.2. The molecule has 0 unspecified atom stereocenters. The Morgan fingerprint density at radius 3 is 3.14 bits per heavy atom. The van der Waals surface area contributed by atoms with Crippen LogP contribution in [0.3, 0.4) is 0 Å². The van der Waals surface area contributed by atoms with Crippen molar-refractivity contribution in [2.75, 3.05) is 16.6 Å². The highest BCUT2D eigenvalue weighted by Gasteiger charge is 2.14. The van der Waals surface area contributed by atoms with Crippen LogP contribution < -0.4 is 4.31 Å². The molecule has 1 saturated heterocycles. The molecule has 2 rings (SSSR count). The third-order valence-electron chi connectivity index (χ3n) is 2.23. The van der Waals surface area contributed by atoms with Crippen LogP contribution in [0.25, 0.3) is 0 Å². The summed E-state index contributed by atoms with van der Waals surface area (Å²) in [7, 11) is 0. The van der Waals surface area contributed by atoms with Gasteiger partial charge in [-0.2, -0.15) is 0 Å². The fourth-order valence-corrected chi connectivity index (χ4v) is 2.62. The number of aromatic nitrogens is 1. The van der Waals surface area contributed by atoms with E-state index in [-0.39, 0.29) is 0 Å². The smallest absolute Gasteiger partial charge is 0.153 e. The Morgan fingerprint density at radius 2 is 2.43 bits per heavy atom. The lowest BCUT2D eigenvalue weighted by Crippen LogP contribution is -2.22.